The van der Waals surface area contributed by atoms with Crippen molar-refractivity contribution in [1.29, 1.82) is 0 Å². The van der Waals surface area contributed by atoms with Gasteiger partial charge in [0.1, 0.15) is 18.1 Å². The number of rotatable bonds is 7. The first-order valence-electron chi connectivity index (χ1n) is 10.5. The van der Waals surface area contributed by atoms with Crippen LogP contribution in [-0.2, 0) is 13.2 Å². The summed E-state index contributed by atoms with van der Waals surface area (Å²) in [5.41, 5.74) is 5.58. The highest BCUT2D eigenvalue weighted by atomic mass is 16.5. The highest BCUT2D eigenvalue weighted by molar-refractivity contribution is 6.04. The van der Waals surface area contributed by atoms with Crippen LogP contribution < -0.4 is 10.1 Å². The van der Waals surface area contributed by atoms with Crippen LogP contribution in [0.15, 0.2) is 59.1 Å². The number of nitrogens with zero attached hydrogens (tertiary/aromatic N) is 3. The van der Waals surface area contributed by atoms with Crippen LogP contribution in [0.25, 0.3) is 0 Å². The van der Waals surface area contributed by atoms with Gasteiger partial charge in [-0.05, 0) is 57.0 Å². The van der Waals surface area contributed by atoms with Crippen molar-refractivity contribution < 1.29 is 14.1 Å². The van der Waals surface area contributed by atoms with Gasteiger partial charge in [0, 0.05) is 17.3 Å². The molecule has 0 aliphatic heterocycles. The molecule has 0 saturated heterocycles. The van der Waals surface area contributed by atoms with Gasteiger partial charge in [-0.3, -0.25) is 9.48 Å². The molecule has 0 saturated carbocycles. The van der Waals surface area contributed by atoms with Crippen molar-refractivity contribution in [2.24, 2.45) is 0 Å². The third kappa shape index (κ3) is 4.72. The number of carbonyl (C=O) groups is 1. The zero-order valence-corrected chi connectivity index (χ0v) is 18.7. The SMILES string of the molecule is Cc1ccccc1Cn1nc(NC(=O)c2cccc(OCc3c(C)noc3C)c2)cc1C. The number of hydrogen-bond acceptors (Lipinski definition) is 5. The fourth-order valence-corrected chi connectivity index (χ4v) is 3.46. The number of anilines is 1. The van der Waals surface area contributed by atoms with Crippen molar-refractivity contribution in [3.8, 4) is 5.75 Å². The van der Waals surface area contributed by atoms with Gasteiger partial charge < -0.3 is 14.6 Å². The van der Waals surface area contributed by atoms with E-state index in [1.54, 1.807) is 18.2 Å². The molecular formula is C25H26N4O3. The third-order valence-corrected chi connectivity index (χ3v) is 5.46. The molecule has 2 aromatic carbocycles. The van der Waals surface area contributed by atoms with Gasteiger partial charge in [-0.25, -0.2) is 0 Å². The van der Waals surface area contributed by atoms with Crippen LogP contribution in [0.3, 0.4) is 0 Å². The maximum absolute atomic E-state index is 12.8. The molecule has 0 unspecified atom stereocenters. The lowest BCUT2D eigenvalue weighted by molar-refractivity contribution is 0.102. The lowest BCUT2D eigenvalue weighted by Crippen LogP contribution is -2.13. The van der Waals surface area contributed by atoms with Crippen molar-refractivity contribution >= 4 is 11.7 Å². The Balaban J connectivity index is 1.43. The van der Waals surface area contributed by atoms with Crippen LogP contribution in [0.4, 0.5) is 5.82 Å². The van der Waals surface area contributed by atoms with Crippen LogP contribution in [0, 0.1) is 27.7 Å². The number of nitrogens with one attached hydrogen (secondary N) is 1. The quantitative estimate of drug-likeness (QED) is 0.447. The summed E-state index contributed by atoms with van der Waals surface area (Å²) < 4.78 is 12.9. The Kier molecular flexibility index (Phi) is 6.07. The maximum Gasteiger partial charge on any atom is 0.256 e. The lowest BCUT2D eigenvalue weighted by atomic mass is 10.1. The molecule has 0 aliphatic carbocycles. The molecule has 0 radical (unpaired) electrons. The fraction of sp³-hybridized carbons (Fsp3) is 0.240. The largest absolute Gasteiger partial charge is 0.489 e. The number of benzene rings is 2. The van der Waals surface area contributed by atoms with Crippen molar-refractivity contribution in [2.45, 2.75) is 40.8 Å². The summed E-state index contributed by atoms with van der Waals surface area (Å²) in [5.74, 6) is 1.60. The van der Waals surface area contributed by atoms with Crippen molar-refractivity contribution in [1.82, 2.24) is 14.9 Å². The second kappa shape index (κ2) is 9.09. The minimum atomic E-state index is -0.242. The van der Waals surface area contributed by atoms with E-state index in [1.807, 2.05) is 49.7 Å². The number of hydrogen-bond donors (Lipinski definition) is 1. The molecule has 4 aromatic rings. The topological polar surface area (TPSA) is 82.2 Å². The van der Waals surface area contributed by atoms with E-state index in [4.69, 9.17) is 9.26 Å². The van der Waals surface area contributed by atoms with Crippen LogP contribution in [0.5, 0.6) is 5.75 Å². The number of carbonyl (C=O) groups excluding carboxylic acids is 1. The van der Waals surface area contributed by atoms with Crippen LogP contribution >= 0.6 is 0 Å². The van der Waals surface area contributed by atoms with E-state index in [1.165, 1.54) is 11.1 Å². The van der Waals surface area contributed by atoms with Gasteiger partial charge in [-0.2, -0.15) is 5.10 Å². The van der Waals surface area contributed by atoms with E-state index in [9.17, 15) is 4.79 Å². The highest BCUT2D eigenvalue weighted by Gasteiger charge is 2.13. The zero-order chi connectivity index (χ0) is 22.7. The summed E-state index contributed by atoms with van der Waals surface area (Å²) in [5, 5.41) is 11.4. The second-order valence-electron chi connectivity index (χ2n) is 7.83. The molecule has 2 heterocycles. The molecule has 0 atom stereocenters. The molecule has 7 nitrogen and oxygen atoms in total. The van der Waals surface area contributed by atoms with E-state index in [2.05, 4.69) is 34.6 Å². The minimum absolute atomic E-state index is 0.242. The van der Waals surface area contributed by atoms with E-state index in [-0.39, 0.29) is 5.91 Å². The Morgan fingerprint density at radius 1 is 1.06 bits per heavy atom. The molecule has 164 valence electrons. The summed E-state index contributed by atoms with van der Waals surface area (Å²) in [6, 6.07) is 17.1. The van der Waals surface area contributed by atoms with E-state index >= 15 is 0 Å². The van der Waals surface area contributed by atoms with Crippen molar-refractivity contribution in [2.75, 3.05) is 5.32 Å². The number of ether oxygens (including phenoxy) is 1. The van der Waals surface area contributed by atoms with Gasteiger partial charge in [-0.1, -0.05) is 35.5 Å². The van der Waals surface area contributed by atoms with Crippen LogP contribution in [0.1, 0.15) is 44.2 Å². The van der Waals surface area contributed by atoms with Gasteiger partial charge in [0.2, 0.25) is 0 Å². The van der Waals surface area contributed by atoms with Gasteiger partial charge >= 0.3 is 0 Å². The van der Waals surface area contributed by atoms with Gasteiger partial charge in [0.25, 0.3) is 5.91 Å². The Hall–Kier alpha value is -3.87. The molecule has 1 amide bonds. The summed E-state index contributed by atoms with van der Waals surface area (Å²) in [7, 11) is 0. The maximum atomic E-state index is 12.8. The predicted molar refractivity (Wildman–Crippen MR) is 122 cm³/mol. The Morgan fingerprint density at radius 3 is 2.62 bits per heavy atom. The molecule has 32 heavy (non-hydrogen) atoms. The van der Waals surface area contributed by atoms with Gasteiger partial charge in [0.15, 0.2) is 5.82 Å². The first kappa shape index (κ1) is 21.4. The minimum Gasteiger partial charge on any atom is -0.489 e. The average Bonchev–Trinajstić information content (AvgIpc) is 3.29. The molecule has 4 rings (SSSR count). The zero-order valence-electron chi connectivity index (χ0n) is 18.7. The molecule has 0 spiro atoms. The Labute approximate surface area is 187 Å². The van der Waals surface area contributed by atoms with Crippen molar-refractivity contribution in [3.05, 3.63) is 94.0 Å². The van der Waals surface area contributed by atoms with Gasteiger partial charge in [-0.15, -0.1) is 0 Å². The van der Waals surface area contributed by atoms with E-state index < -0.39 is 0 Å². The number of aromatic nitrogens is 3. The predicted octanol–water partition coefficient (Wildman–Crippen LogP) is 4.98. The van der Waals surface area contributed by atoms with Crippen LogP contribution in [0.2, 0.25) is 0 Å². The summed E-state index contributed by atoms with van der Waals surface area (Å²) >= 11 is 0. The molecule has 2 aromatic heterocycles. The average molecular weight is 431 g/mol. The summed E-state index contributed by atoms with van der Waals surface area (Å²) in [6.07, 6.45) is 0. The van der Waals surface area contributed by atoms with Gasteiger partial charge in [0.05, 0.1) is 17.8 Å². The number of amides is 1. The normalized spacial score (nSPS) is 10.9. The fourth-order valence-electron chi connectivity index (χ4n) is 3.46. The Bertz CT molecular complexity index is 1240. The molecule has 0 bridgehead atoms. The van der Waals surface area contributed by atoms with E-state index in [0.717, 1.165) is 22.7 Å². The third-order valence-electron chi connectivity index (χ3n) is 5.46. The highest BCUT2D eigenvalue weighted by Crippen LogP contribution is 2.20. The Morgan fingerprint density at radius 2 is 1.88 bits per heavy atom. The first-order valence-corrected chi connectivity index (χ1v) is 10.5. The summed E-state index contributed by atoms with van der Waals surface area (Å²) in [6.45, 7) is 8.76. The van der Waals surface area contributed by atoms with Crippen molar-refractivity contribution in [3.63, 3.8) is 0 Å². The standard InChI is InChI=1S/C25H26N4O3/c1-16-8-5-6-9-21(16)14-29-17(2)12-24(27-29)26-25(30)20-10-7-11-22(13-20)31-15-23-18(3)28-32-19(23)4/h5-13H,14-15H2,1-4H3,(H,26,27,30). The summed E-state index contributed by atoms with van der Waals surface area (Å²) in [4.78, 5) is 12.8. The monoisotopic (exact) mass is 430 g/mol. The smallest absolute Gasteiger partial charge is 0.256 e. The molecule has 7 heteroatoms. The molecular weight excluding hydrogens is 404 g/mol. The number of aryl methyl sites for hydroxylation is 4. The molecule has 0 fully saturated rings. The molecule has 0 aliphatic rings. The van der Waals surface area contributed by atoms with E-state index in [0.29, 0.717) is 30.3 Å². The first-order chi connectivity index (χ1) is 15.4. The lowest BCUT2D eigenvalue weighted by Gasteiger charge is -2.08. The molecule has 1 N–H and O–H groups in total. The van der Waals surface area contributed by atoms with Crippen LogP contribution in [-0.4, -0.2) is 20.8 Å². The second-order valence-corrected chi connectivity index (χ2v) is 7.83.